The Labute approximate surface area is 151 Å². The van der Waals surface area contributed by atoms with E-state index >= 15 is 0 Å². The zero-order valence-electron chi connectivity index (χ0n) is 15.5. The highest BCUT2D eigenvalue weighted by Gasteiger charge is 2.20. The first-order valence-electron chi connectivity index (χ1n) is 9.22. The van der Waals surface area contributed by atoms with Gasteiger partial charge < -0.3 is 10.1 Å². The molecule has 0 saturated heterocycles. The molecule has 0 radical (unpaired) electrons. The Morgan fingerprint density at radius 3 is 2.28 bits per heavy atom. The average molecular weight is 339 g/mol. The molecule has 0 heterocycles. The van der Waals surface area contributed by atoms with Crippen molar-refractivity contribution in [1.82, 2.24) is 5.32 Å². The molecule has 2 unspecified atom stereocenters. The van der Waals surface area contributed by atoms with Gasteiger partial charge in [0.25, 0.3) is 5.91 Å². The van der Waals surface area contributed by atoms with Crippen LogP contribution in [0.4, 0.5) is 0 Å². The molecule has 2 aromatic carbocycles. The molecular formula is C22H29NO2. The van der Waals surface area contributed by atoms with Crippen LogP contribution in [0.2, 0.25) is 0 Å². The molecule has 134 valence electrons. The molecule has 0 saturated carbocycles. The lowest BCUT2D eigenvalue weighted by Gasteiger charge is -2.20. The van der Waals surface area contributed by atoms with Crippen molar-refractivity contribution in [3.05, 3.63) is 65.7 Å². The molecule has 0 spiro atoms. The molecule has 25 heavy (non-hydrogen) atoms. The Morgan fingerprint density at radius 1 is 1.00 bits per heavy atom. The first-order chi connectivity index (χ1) is 12.1. The van der Waals surface area contributed by atoms with Crippen LogP contribution in [0, 0.1) is 0 Å². The monoisotopic (exact) mass is 339 g/mol. The zero-order chi connectivity index (χ0) is 18.1. The van der Waals surface area contributed by atoms with Gasteiger partial charge in [0.15, 0.2) is 6.10 Å². The number of nitrogens with one attached hydrogen (secondary N) is 1. The molecule has 0 aliphatic heterocycles. The number of benzene rings is 2. The fourth-order valence-corrected chi connectivity index (χ4v) is 2.73. The maximum Gasteiger partial charge on any atom is 0.261 e. The van der Waals surface area contributed by atoms with E-state index in [1.54, 1.807) is 0 Å². The number of aryl methyl sites for hydroxylation is 2. The normalized spacial score (nSPS) is 13.1. The van der Waals surface area contributed by atoms with Crippen molar-refractivity contribution in [3.63, 3.8) is 0 Å². The Kier molecular flexibility index (Phi) is 7.52. The second-order valence-corrected chi connectivity index (χ2v) is 6.45. The smallest absolute Gasteiger partial charge is 0.261 e. The topological polar surface area (TPSA) is 38.3 Å². The first-order valence-corrected chi connectivity index (χ1v) is 9.22. The molecule has 2 atom stereocenters. The Bertz CT molecular complexity index is 637. The lowest BCUT2D eigenvalue weighted by Crippen LogP contribution is -2.42. The number of carbonyl (C=O) groups is 1. The summed E-state index contributed by atoms with van der Waals surface area (Å²) in [6.07, 6.45) is 3.06. The highest BCUT2D eigenvalue weighted by molar-refractivity contribution is 5.81. The third-order valence-corrected chi connectivity index (χ3v) is 4.37. The van der Waals surface area contributed by atoms with Crippen LogP contribution in [-0.4, -0.2) is 18.1 Å². The van der Waals surface area contributed by atoms with E-state index in [1.165, 1.54) is 11.1 Å². The van der Waals surface area contributed by atoms with Gasteiger partial charge in [-0.05, 0) is 55.9 Å². The second kappa shape index (κ2) is 9.87. The molecule has 0 aromatic heterocycles. The molecule has 2 aromatic rings. The van der Waals surface area contributed by atoms with Crippen LogP contribution < -0.4 is 10.1 Å². The predicted molar refractivity (Wildman–Crippen MR) is 103 cm³/mol. The minimum atomic E-state index is -0.452. The van der Waals surface area contributed by atoms with E-state index in [1.807, 2.05) is 56.3 Å². The van der Waals surface area contributed by atoms with Crippen molar-refractivity contribution >= 4 is 5.91 Å². The third kappa shape index (κ3) is 6.26. The van der Waals surface area contributed by atoms with Crippen molar-refractivity contribution < 1.29 is 9.53 Å². The molecule has 1 N–H and O–H groups in total. The van der Waals surface area contributed by atoms with Gasteiger partial charge in [-0.25, -0.2) is 0 Å². The number of ether oxygens (including phenoxy) is 1. The van der Waals surface area contributed by atoms with Gasteiger partial charge >= 0.3 is 0 Å². The largest absolute Gasteiger partial charge is 0.481 e. The summed E-state index contributed by atoms with van der Waals surface area (Å²) < 4.78 is 5.88. The lowest BCUT2D eigenvalue weighted by molar-refractivity contribution is -0.128. The SMILES string of the molecule is CCc1ccc(OC(CC)C(=O)NC(C)CCc2ccccc2)cc1. The molecule has 1 amide bonds. The van der Waals surface area contributed by atoms with E-state index in [9.17, 15) is 4.79 Å². The lowest BCUT2D eigenvalue weighted by atomic mass is 10.1. The number of hydrogen-bond acceptors (Lipinski definition) is 2. The minimum absolute atomic E-state index is 0.0392. The van der Waals surface area contributed by atoms with Gasteiger partial charge in [0.1, 0.15) is 5.75 Å². The molecular weight excluding hydrogens is 310 g/mol. The fraction of sp³-hybridized carbons (Fsp3) is 0.409. The zero-order valence-corrected chi connectivity index (χ0v) is 15.5. The Morgan fingerprint density at radius 2 is 1.68 bits per heavy atom. The molecule has 0 fully saturated rings. The van der Waals surface area contributed by atoms with Crippen LogP contribution in [0.25, 0.3) is 0 Å². The van der Waals surface area contributed by atoms with Crippen molar-refractivity contribution in [2.75, 3.05) is 0 Å². The third-order valence-electron chi connectivity index (χ3n) is 4.37. The summed E-state index contributed by atoms with van der Waals surface area (Å²) in [5.41, 5.74) is 2.56. The summed E-state index contributed by atoms with van der Waals surface area (Å²) in [5, 5.41) is 3.08. The molecule has 2 rings (SSSR count). The Balaban J connectivity index is 1.83. The summed E-state index contributed by atoms with van der Waals surface area (Å²) in [6, 6.07) is 18.4. The first kappa shape index (κ1) is 19.0. The minimum Gasteiger partial charge on any atom is -0.481 e. The quantitative estimate of drug-likeness (QED) is 0.728. The molecule has 0 aliphatic rings. The second-order valence-electron chi connectivity index (χ2n) is 6.45. The predicted octanol–water partition coefficient (Wildman–Crippen LogP) is 4.54. The van der Waals surface area contributed by atoms with Crippen molar-refractivity contribution in [2.24, 2.45) is 0 Å². The molecule has 0 aliphatic carbocycles. The number of carbonyl (C=O) groups excluding carboxylic acids is 1. The summed E-state index contributed by atoms with van der Waals surface area (Å²) in [6.45, 7) is 6.14. The van der Waals surface area contributed by atoms with Gasteiger partial charge in [-0.3, -0.25) is 4.79 Å². The maximum absolute atomic E-state index is 12.5. The van der Waals surface area contributed by atoms with Crippen LogP contribution in [0.1, 0.15) is 44.7 Å². The van der Waals surface area contributed by atoms with Crippen molar-refractivity contribution in [2.45, 2.75) is 58.6 Å². The van der Waals surface area contributed by atoms with E-state index in [2.05, 4.69) is 24.4 Å². The highest BCUT2D eigenvalue weighted by Crippen LogP contribution is 2.16. The van der Waals surface area contributed by atoms with Gasteiger partial charge in [0.2, 0.25) is 0 Å². The molecule has 0 bridgehead atoms. The standard InChI is InChI=1S/C22H29NO2/c1-4-18-13-15-20(16-14-18)25-21(5-2)22(24)23-17(3)11-12-19-9-7-6-8-10-19/h6-10,13-17,21H,4-5,11-12H2,1-3H3,(H,23,24). The van der Waals surface area contributed by atoms with Gasteiger partial charge in [0, 0.05) is 6.04 Å². The number of rotatable bonds is 9. The van der Waals surface area contributed by atoms with Crippen LogP contribution in [0.3, 0.4) is 0 Å². The fourth-order valence-electron chi connectivity index (χ4n) is 2.73. The van der Waals surface area contributed by atoms with Crippen LogP contribution >= 0.6 is 0 Å². The van der Waals surface area contributed by atoms with Gasteiger partial charge in [-0.1, -0.05) is 56.3 Å². The van der Waals surface area contributed by atoms with Crippen molar-refractivity contribution in [3.8, 4) is 5.75 Å². The van der Waals surface area contributed by atoms with Gasteiger partial charge in [0.05, 0.1) is 0 Å². The van der Waals surface area contributed by atoms with E-state index in [4.69, 9.17) is 4.74 Å². The summed E-state index contributed by atoms with van der Waals surface area (Å²) in [4.78, 5) is 12.5. The Hall–Kier alpha value is -2.29. The van der Waals surface area contributed by atoms with Crippen LogP contribution in [-0.2, 0) is 17.6 Å². The summed E-state index contributed by atoms with van der Waals surface area (Å²) in [7, 11) is 0. The molecule has 3 heteroatoms. The van der Waals surface area contributed by atoms with Crippen LogP contribution in [0.5, 0.6) is 5.75 Å². The number of hydrogen-bond donors (Lipinski definition) is 1. The van der Waals surface area contributed by atoms with Gasteiger partial charge in [-0.2, -0.15) is 0 Å². The van der Waals surface area contributed by atoms with Crippen LogP contribution in [0.15, 0.2) is 54.6 Å². The summed E-state index contributed by atoms with van der Waals surface area (Å²) in [5.74, 6) is 0.707. The van der Waals surface area contributed by atoms with E-state index < -0.39 is 6.10 Å². The van der Waals surface area contributed by atoms with E-state index in [0.717, 1.165) is 25.0 Å². The highest BCUT2D eigenvalue weighted by atomic mass is 16.5. The van der Waals surface area contributed by atoms with E-state index in [-0.39, 0.29) is 11.9 Å². The van der Waals surface area contributed by atoms with Crippen molar-refractivity contribution in [1.29, 1.82) is 0 Å². The van der Waals surface area contributed by atoms with E-state index in [0.29, 0.717) is 6.42 Å². The number of amides is 1. The van der Waals surface area contributed by atoms with Gasteiger partial charge in [-0.15, -0.1) is 0 Å². The summed E-state index contributed by atoms with van der Waals surface area (Å²) >= 11 is 0. The maximum atomic E-state index is 12.5. The molecule has 3 nitrogen and oxygen atoms in total. The average Bonchev–Trinajstić information content (AvgIpc) is 2.65.